The van der Waals surface area contributed by atoms with E-state index in [1.165, 1.54) is 6.42 Å². The summed E-state index contributed by atoms with van der Waals surface area (Å²) in [6.45, 7) is 9.26. The summed E-state index contributed by atoms with van der Waals surface area (Å²) in [5.74, 6) is 1.60. The van der Waals surface area contributed by atoms with Crippen LogP contribution < -0.4 is 0 Å². The monoisotopic (exact) mass is 186 g/mol. The van der Waals surface area contributed by atoms with Gasteiger partial charge in [0.15, 0.2) is 0 Å². The van der Waals surface area contributed by atoms with Gasteiger partial charge < -0.3 is 9.84 Å². The minimum absolute atomic E-state index is 0.226. The van der Waals surface area contributed by atoms with Crippen LogP contribution in [-0.2, 0) is 4.74 Å². The molecule has 0 aromatic carbocycles. The van der Waals surface area contributed by atoms with Crippen LogP contribution in [0.25, 0.3) is 0 Å². The van der Waals surface area contributed by atoms with Crippen LogP contribution in [0.1, 0.15) is 34.1 Å². The first-order valence-corrected chi connectivity index (χ1v) is 5.32. The highest BCUT2D eigenvalue weighted by Gasteiger charge is 2.36. The van der Waals surface area contributed by atoms with Crippen LogP contribution >= 0.6 is 0 Å². The molecule has 0 aromatic rings. The van der Waals surface area contributed by atoms with E-state index in [9.17, 15) is 5.11 Å². The zero-order valence-electron chi connectivity index (χ0n) is 9.16. The van der Waals surface area contributed by atoms with Gasteiger partial charge in [-0.05, 0) is 25.2 Å². The van der Waals surface area contributed by atoms with E-state index in [2.05, 4.69) is 27.7 Å². The predicted molar refractivity (Wildman–Crippen MR) is 53.5 cm³/mol. The average Bonchev–Trinajstić information content (AvgIpc) is 2.29. The van der Waals surface area contributed by atoms with E-state index in [0.717, 1.165) is 0 Å². The number of aliphatic hydroxyl groups is 1. The number of aliphatic hydroxyl groups excluding tert-OH is 1. The fourth-order valence-corrected chi connectivity index (χ4v) is 2.53. The summed E-state index contributed by atoms with van der Waals surface area (Å²) in [4.78, 5) is 0. The molecule has 78 valence electrons. The van der Waals surface area contributed by atoms with Gasteiger partial charge in [0.2, 0.25) is 0 Å². The largest absolute Gasteiger partial charge is 0.390 e. The summed E-state index contributed by atoms with van der Waals surface area (Å²) in [6.07, 6.45) is 1.16. The third-order valence-corrected chi connectivity index (χ3v) is 3.02. The fraction of sp³-hybridized carbons (Fsp3) is 1.00. The Balaban J connectivity index is 2.48. The Bertz CT molecular complexity index is 146. The molecule has 0 saturated carbocycles. The van der Waals surface area contributed by atoms with E-state index < -0.39 is 0 Å². The Morgan fingerprint density at radius 1 is 1.38 bits per heavy atom. The van der Waals surface area contributed by atoms with Crippen molar-refractivity contribution in [2.45, 2.75) is 46.3 Å². The second-order valence-corrected chi connectivity index (χ2v) is 4.79. The Labute approximate surface area is 81.3 Å². The van der Waals surface area contributed by atoms with Crippen molar-refractivity contribution in [3.05, 3.63) is 0 Å². The SMILES string of the molecule is CC(C)CC(C)C1C(O)COC1C. The van der Waals surface area contributed by atoms with E-state index in [1.807, 2.05) is 0 Å². The Morgan fingerprint density at radius 3 is 2.38 bits per heavy atom. The van der Waals surface area contributed by atoms with Crippen molar-refractivity contribution < 1.29 is 9.84 Å². The van der Waals surface area contributed by atoms with Gasteiger partial charge >= 0.3 is 0 Å². The van der Waals surface area contributed by atoms with Gasteiger partial charge in [0.05, 0.1) is 18.8 Å². The maximum absolute atomic E-state index is 9.72. The Kier molecular flexibility index (Phi) is 3.74. The highest BCUT2D eigenvalue weighted by molar-refractivity contribution is 4.84. The number of hydrogen-bond acceptors (Lipinski definition) is 2. The number of ether oxygens (including phenoxy) is 1. The lowest BCUT2D eigenvalue weighted by Crippen LogP contribution is -2.29. The Morgan fingerprint density at radius 2 is 2.00 bits per heavy atom. The molecule has 1 heterocycles. The van der Waals surface area contributed by atoms with Crippen molar-refractivity contribution in [3.8, 4) is 0 Å². The zero-order chi connectivity index (χ0) is 10.0. The molecule has 1 rings (SSSR count). The molecule has 4 unspecified atom stereocenters. The van der Waals surface area contributed by atoms with E-state index >= 15 is 0 Å². The summed E-state index contributed by atoms with van der Waals surface area (Å²) >= 11 is 0. The molecule has 1 N–H and O–H groups in total. The second-order valence-electron chi connectivity index (χ2n) is 4.79. The van der Waals surface area contributed by atoms with Gasteiger partial charge in [-0.3, -0.25) is 0 Å². The van der Waals surface area contributed by atoms with Crippen molar-refractivity contribution >= 4 is 0 Å². The minimum atomic E-state index is -0.247. The zero-order valence-corrected chi connectivity index (χ0v) is 9.16. The van der Waals surface area contributed by atoms with Gasteiger partial charge in [-0.25, -0.2) is 0 Å². The van der Waals surface area contributed by atoms with Crippen LogP contribution in [0, 0.1) is 17.8 Å². The molecule has 1 saturated heterocycles. The van der Waals surface area contributed by atoms with Crippen molar-refractivity contribution in [3.63, 3.8) is 0 Å². The van der Waals surface area contributed by atoms with E-state index in [0.29, 0.717) is 24.4 Å². The topological polar surface area (TPSA) is 29.5 Å². The van der Waals surface area contributed by atoms with Crippen molar-refractivity contribution in [2.24, 2.45) is 17.8 Å². The van der Waals surface area contributed by atoms with Crippen LogP contribution in [0.4, 0.5) is 0 Å². The number of rotatable bonds is 3. The first-order chi connectivity index (χ1) is 6.02. The molecule has 0 bridgehead atoms. The maximum Gasteiger partial charge on any atom is 0.0829 e. The molecular formula is C11H22O2. The molecular weight excluding hydrogens is 164 g/mol. The van der Waals surface area contributed by atoms with Crippen LogP contribution in [0.15, 0.2) is 0 Å². The van der Waals surface area contributed by atoms with Gasteiger partial charge in [-0.15, -0.1) is 0 Å². The summed E-state index contributed by atoms with van der Waals surface area (Å²) in [6, 6.07) is 0. The molecule has 0 spiro atoms. The van der Waals surface area contributed by atoms with Gasteiger partial charge in [-0.1, -0.05) is 20.8 Å². The lowest BCUT2D eigenvalue weighted by Gasteiger charge is -2.25. The highest BCUT2D eigenvalue weighted by Crippen LogP contribution is 2.31. The van der Waals surface area contributed by atoms with Gasteiger partial charge in [-0.2, -0.15) is 0 Å². The normalized spacial score (nSPS) is 36.9. The molecule has 1 aliphatic rings. The number of hydrogen-bond donors (Lipinski definition) is 1. The molecule has 13 heavy (non-hydrogen) atoms. The lowest BCUT2D eigenvalue weighted by atomic mass is 9.82. The molecule has 1 aliphatic heterocycles. The smallest absolute Gasteiger partial charge is 0.0829 e. The summed E-state index contributed by atoms with van der Waals surface area (Å²) in [5.41, 5.74) is 0. The Hall–Kier alpha value is -0.0800. The van der Waals surface area contributed by atoms with Crippen LogP contribution in [-0.4, -0.2) is 23.9 Å². The van der Waals surface area contributed by atoms with Gasteiger partial charge in [0, 0.05) is 5.92 Å². The molecule has 0 amide bonds. The van der Waals surface area contributed by atoms with Crippen LogP contribution in [0.2, 0.25) is 0 Å². The predicted octanol–water partition coefficient (Wildman–Crippen LogP) is 2.06. The lowest BCUT2D eigenvalue weighted by molar-refractivity contribution is 0.0880. The molecule has 0 radical (unpaired) electrons. The first kappa shape index (κ1) is 11.0. The highest BCUT2D eigenvalue weighted by atomic mass is 16.5. The van der Waals surface area contributed by atoms with E-state index in [1.54, 1.807) is 0 Å². The van der Waals surface area contributed by atoms with E-state index in [4.69, 9.17) is 4.74 Å². The summed E-state index contributed by atoms with van der Waals surface area (Å²) in [7, 11) is 0. The van der Waals surface area contributed by atoms with Crippen LogP contribution in [0.3, 0.4) is 0 Å². The third kappa shape index (κ3) is 2.68. The average molecular weight is 186 g/mol. The first-order valence-electron chi connectivity index (χ1n) is 5.32. The quantitative estimate of drug-likeness (QED) is 0.731. The second kappa shape index (κ2) is 4.43. The summed E-state index contributed by atoms with van der Waals surface area (Å²) < 4.78 is 5.43. The van der Waals surface area contributed by atoms with Gasteiger partial charge in [0.1, 0.15) is 0 Å². The summed E-state index contributed by atoms with van der Waals surface area (Å²) in [5, 5.41) is 9.72. The van der Waals surface area contributed by atoms with Crippen LogP contribution in [0.5, 0.6) is 0 Å². The maximum atomic E-state index is 9.72. The van der Waals surface area contributed by atoms with Crippen molar-refractivity contribution in [2.75, 3.05) is 6.61 Å². The van der Waals surface area contributed by atoms with Gasteiger partial charge in [0.25, 0.3) is 0 Å². The van der Waals surface area contributed by atoms with Crippen molar-refractivity contribution in [1.29, 1.82) is 0 Å². The molecule has 2 nitrogen and oxygen atoms in total. The molecule has 4 atom stereocenters. The minimum Gasteiger partial charge on any atom is -0.390 e. The molecule has 0 aliphatic carbocycles. The van der Waals surface area contributed by atoms with E-state index in [-0.39, 0.29) is 12.2 Å². The molecule has 2 heteroatoms. The molecule has 1 fully saturated rings. The molecule has 0 aromatic heterocycles. The fourth-order valence-electron chi connectivity index (χ4n) is 2.53. The standard InChI is InChI=1S/C11H22O2/c1-7(2)5-8(3)11-9(4)13-6-10(11)12/h7-12H,5-6H2,1-4H3. The van der Waals surface area contributed by atoms with Crippen molar-refractivity contribution in [1.82, 2.24) is 0 Å². The third-order valence-electron chi connectivity index (χ3n) is 3.02.